The van der Waals surface area contributed by atoms with Crippen LogP contribution >= 0.6 is 24.4 Å². The maximum absolute atomic E-state index is 11.4. The fourth-order valence-electron chi connectivity index (χ4n) is 1.34. The number of esters is 1. The van der Waals surface area contributed by atoms with Crippen LogP contribution < -0.4 is 5.30 Å². The largest absolute Gasteiger partial charge is 0.458 e. The Morgan fingerprint density at radius 1 is 1.37 bits per heavy atom. The smallest absolute Gasteiger partial charge is 0.332 e. The van der Waals surface area contributed by atoms with Crippen LogP contribution in [-0.4, -0.2) is 18.2 Å². The lowest BCUT2D eigenvalue weighted by Crippen LogP contribution is -2.26. The van der Waals surface area contributed by atoms with Crippen molar-refractivity contribution in [2.24, 2.45) is 0 Å². The highest BCUT2D eigenvalue weighted by Crippen LogP contribution is 2.17. The number of carbonyl (C=O) groups excluding carboxylic acids is 1. The SMILES string of the molecule is CC(C)(C)OC(=O)COCc1cc(P=O)ccc1Br. The number of rotatable bonds is 5. The van der Waals surface area contributed by atoms with Crippen LogP contribution in [0.4, 0.5) is 0 Å². The molecule has 0 unspecified atom stereocenters. The van der Waals surface area contributed by atoms with Gasteiger partial charge in [0, 0.05) is 9.78 Å². The Morgan fingerprint density at radius 3 is 2.63 bits per heavy atom. The lowest BCUT2D eigenvalue weighted by molar-refractivity contribution is -0.160. The third kappa shape index (κ3) is 6.28. The van der Waals surface area contributed by atoms with Gasteiger partial charge in [-0.3, -0.25) is 4.57 Å². The minimum atomic E-state index is -0.512. The van der Waals surface area contributed by atoms with Gasteiger partial charge in [-0.25, -0.2) is 4.79 Å². The maximum Gasteiger partial charge on any atom is 0.332 e. The van der Waals surface area contributed by atoms with Gasteiger partial charge >= 0.3 is 5.97 Å². The van der Waals surface area contributed by atoms with Crippen LogP contribution in [0.5, 0.6) is 0 Å². The van der Waals surface area contributed by atoms with Crippen LogP contribution in [0.3, 0.4) is 0 Å². The van der Waals surface area contributed by atoms with Crippen LogP contribution in [0.2, 0.25) is 0 Å². The summed E-state index contributed by atoms with van der Waals surface area (Å²) in [6.07, 6.45) is 0. The number of benzene rings is 1. The summed E-state index contributed by atoms with van der Waals surface area (Å²) in [5.41, 5.74) is 0.326. The molecule has 104 valence electrons. The van der Waals surface area contributed by atoms with E-state index in [1.54, 1.807) is 39.0 Å². The Morgan fingerprint density at radius 2 is 2.05 bits per heavy atom. The summed E-state index contributed by atoms with van der Waals surface area (Å²) < 4.78 is 22.0. The van der Waals surface area contributed by atoms with E-state index in [0.29, 0.717) is 5.30 Å². The van der Waals surface area contributed by atoms with Gasteiger partial charge in [0.2, 0.25) is 0 Å². The fourth-order valence-corrected chi connectivity index (χ4v) is 2.05. The number of hydrogen-bond acceptors (Lipinski definition) is 4. The summed E-state index contributed by atoms with van der Waals surface area (Å²) in [7, 11) is -0.0406. The van der Waals surface area contributed by atoms with Crippen molar-refractivity contribution < 1.29 is 18.8 Å². The predicted molar refractivity (Wildman–Crippen MR) is 76.9 cm³/mol. The molecule has 19 heavy (non-hydrogen) atoms. The molecule has 0 aromatic heterocycles. The summed E-state index contributed by atoms with van der Waals surface area (Å²) in [5, 5.41) is 0.666. The third-order valence-electron chi connectivity index (χ3n) is 2.03. The molecule has 0 saturated heterocycles. The molecule has 1 aromatic carbocycles. The first-order valence-electron chi connectivity index (χ1n) is 5.73. The molecule has 0 fully saturated rings. The fraction of sp³-hybridized carbons (Fsp3) is 0.462. The second kappa shape index (κ2) is 7.13. The molecule has 0 spiro atoms. The monoisotopic (exact) mass is 346 g/mol. The molecule has 0 aliphatic carbocycles. The van der Waals surface area contributed by atoms with Crippen molar-refractivity contribution in [3.8, 4) is 0 Å². The quantitative estimate of drug-likeness (QED) is 0.606. The zero-order valence-corrected chi connectivity index (χ0v) is 13.6. The first-order chi connectivity index (χ1) is 8.81. The van der Waals surface area contributed by atoms with Crippen molar-refractivity contribution in [2.75, 3.05) is 6.61 Å². The Bertz CT molecular complexity index is 468. The van der Waals surface area contributed by atoms with Crippen molar-refractivity contribution in [2.45, 2.75) is 33.0 Å². The number of ether oxygens (including phenoxy) is 2. The lowest BCUT2D eigenvalue weighted by Gasteiger charge is -2.19. The molecule has 0 aliphatic rings. The van der Waals surface area contributed by atoms with Crippen molar-refractivity contribution >= 4 is 35.7 Å². The van der Waals surface area contributed by atoms with Crippen molar-refractivity contribution in [1.82, 2.24) is 0 Å². The van der Waals surface area contributed by atoms with Gasteiger partial charge in [0.15, 0.2) is 8.46 Å². The van der Waals surface area contributed by atoms with E-state index in [4.69, 9.17) is 9.47 Å². The van der Waals surface area contributed by atoms with E-state index in [-0.39, 0.29) is 21.7 Å². The minimum Gasteiger partial charge on any atom is -0.458 e. The van der Waals surface area contributed by atoms with E-state index >= 15 is 0 Å². The first-order valence-corrected chi connectivity index (χ1v) is 7.34. The summed E-state index contributed by atoms with van der Waals surface area (Å²) >= 11 is 3.37. The molecule has 0 bridgehead atoms. The van der Waals surface area contributed by atoms with Gasteiger partial charge in [-0.2, -0.15) is 0 Å². The molecule has 0 heterocycles. The Kier molecular flexibility index (Phi) is 6.11. The molecular formula is C13H16BrO4P. The van der Waals surface area contributed by atoms with E-state index in [2.05, 4.69) is 15.9 Å². The Balaban J connectivity index is 2.49. The van der Waals surface area contributed by atoms with Gasteiger partial charge in [0.1, 0.15) is 12.2 Å². The maximum atomic E-state index is 11.4. The lowest BCUT2D eigenvalue weighted by atomic mass is 10.2. The summed E-state index contributed by atoms with van der Waals surface area (Å²) in [4.78, 5) is 11.4. The highest BCUT2D eigenvalue weighted by atomic mass is 79.9. The number of halogens is 1. The average Bonchev–Trinajstić information content (AvgIpc) is 2.29. The second-order valence-electron chi connectivity index (χ2n) is 4.95. The molecular weight excluding hydrogens is 331 g/mol. The molecule has 0 amide bonds. The summed E-state index contributed by atoms with van der Waals surface area (Å²) in [5.74, 6) is -0.401. The van der Waals surface area contributed by atoms with E-state index in [0.717, 1.165) is 10.0 Å². The van der Waals surface area contributed by atoms with Crippen LogP contribution in [0, 0.1) is 0 Å². The summed E-state index contributed by atoms with van der Waals surface area (Å²) in [6, 6.07) is 5.30. The van der Waals surface area contributed by atoms with Gasteiger partial charge in [-0.1, -0.05) is 15.9 Å². The molecule has 0 aliphatic heterocycles. The van der Waals surface area contributed by atoms with E-state index in [1.807, 2.05) is 0 Å². The van der Waals surface area contributed by atoms with Crippen molar-refractivity contribution in [1.29, 1.82) is 0 Å². The molecule has 0 atom stereocenters. The molecule has 6 heteroatoms. The van der Waals surface area contributed by atoms with E-state index in [9.17, 15) is 9.36 Å². The normalized spacial score (nSPS) is 11.6. The van der Waals surface area contributed by atoms with Crippen LogP contribution in [0.1, 0.15) is 26.3 Å². The zero-order valence-electron chi connectivity index (χ0n) is 11.1. The summed E-state index contributed by atoms with van der Waals surface area (Å²) in [6.45, 7) is 5.56. The van der Waals surface area contributed by atoms with Crippen LogP contribution in [0.25, 0.3) is 0 Å². The van der Waals surface area contributed by atoms with Gasteiger partial charge < -0.3 is 9.47 Å². The number of carbonyl (C=O) groups is 1. The van der Waals surface area contributed by atoms with E-state index in [1.165, 1.54) is 0 Å². The first kappa shape index (κ1) is 16.3. The average molecular weight is 347 g/mol. The van der Waals surface area contributed by atoms with Crippen molar-refractivity contribution in [3.63, 3.8) is 0 Å². The molecule has 0 saturated carbocycles. The third-order valence-corrected chi connectivity index (χ3v) is 3.29. The van der Waals surface area contributed by atoms with Gasteiger partial charge in [-0.05, 0) is 44.5 Å². The molecule has 1 rings (SSSR count). The van der Waals surface area contributed by atoms with Crippen LogP contribution in [0.15, 0.2) is 22.7 Å². The highest BCUT2D eigenvalue weighted by Gasteiger charge is 2.16. The molecule has 1 aromatic rings. The zero-order chi connectivity index (χ0) is 14.5. The molecule has 0 radical (unpaired) electrons. The van der Waals surface area contributed by atoms with Crippen molar-refractivity contribution in [3.05, 3.63) is 28.2 Å². The van der Waals surface area contributed by atoms with E-state index < -0.39 is 11.6 Å². The minimum absolute atomic E-state index is 0.0406. The Labute approximate surface area is 122 Å². The highest BCUT2D eigenvalue weighted by molar-refractivity contribution is 9.10. The Hall–Kier alpha value is -0.770. The molecule has 4 nitrogen and oxygen atoms in total. The predicted octanol–water partition coefficient (Wildman–Crippen LogP) is 3.22. The molecule has 0 N–H and O–H groups in total. The van der Waals surface area contributed by atoms with Gasteiger partial charge in [0.05, 0.1) is 6.61 Å². The number of hydrogen-bond donors (Lipinski definition) is 0. The van der Waals surface area contributed by atoms with Crippen LogP contribution in [-0.2, 0) is 25.4 Å². The standard InChI is InChI=1S/C13H16BrO4P/c1-13(2,3)18-12(15)8-17-7-9-6-10(19-16)4-5-11(9)14/h4-6H,7-8H2,1-3H3. The van der Waals surface area contributed by atoms with Gasteiger partial charge in [0.25, 0.3) is 0 Å². The second-order valence-corrected chi connectivity index (χ2v) is 6.50. The topological polar surface area (TPSA) is 52.6 Å². The van der Waals surface area contributed by atoms with Gasteiger partial charge in [-0.15, -0.1) is 0 Å².